The van der Waals surface area contributed by atoms with E-state index in [1.54, 1.807) is 6.92 Å². The van der Waals surface area contributed by atoms with Gasteiger partial charge in [0, 0.05) is 0 Å². The zero-order valence-corrected chi connectivity index (χ0v) is 14.0. The molecule has 18 heavy (non-hydrogen) atoms. The predicted molar refractivity (Wildman–Crippen MR) is 64.7 cm³/mol. The van der Waals surface area contributed by atoms with Gasteiger partial charge in [0.15, 0.2) is 0 Å². The molecule has 0 saturated carbocycles. The Kier molecular flexibility index (Phi) is 7.06. The van der Waals surface area contributed by atoms with Crippen LogP contribution in [0.15, 0.2) is 18.2 Å². The molecule has 0 aliphatic rings. The number of aliphatic hydroxyl groups is 1. The van der Waals surface area contributed by atoms with Crippen molar-refractivity contribution in [3.63, 3.8) is 0 Å². The first kappa shape index (κ1) is 18.1. The van der Waals surface area contributed by atoms with Crippen LogP contribution in [0, 0.1) is 13.8 Å². The first-order valence-corrected chi connectivity index (χ1v) is 6.89. The van der Waals surface area contributed by atoms with E-state index in [-0.39, 0.29) is 41.9 Å². The number of rotatable bonds is 4. The van der Waals surface area contributed by atoms with Gasteiger partial charge in [-0.3, -0.25) is 0 Å². The van der Waals surface area contributed by atoms with Crippen molar-refractivity contribution in [1.82, 2.24) is 0 Å². The molecule has 1 aromatic rings. The molecule has 0 aromatic heterocycles. The van der Waals surface area contributed by atoms with Crippen molar-refractivity contribution in [2.24, 2.45) is 0 Å². The molecule has 0 radical (unpaired) electrons. The molecular formula is C12H17NaO4S. The van der Waals surface area contributed by atoms with Crippen molar-refractivity contribution in [3.05, 3.63) is 34.9 Å². The standard InChI is InChI=1S/C12H18O4S.Na/c1-8-5-4-6-11(10(8)3)9(2)7-12(13)17(14,15)16;/h4-6,9,12-13H,7H2,1-3H3,(H,14,15,16);/q;+1/p-1. The van der Waals surface area contributed by atoms with E-state index in [1.807, 2.05) is 32.0 Å². The Morgan fingerprint density at radius 2 is 1.89 bits per heavy atom. The van der Waals surface area contributed by atoms with E-state index in [9.17, 15) is 18.1 Å². The van der Waals surface area contributed by atoms with Crippen molar-refractivity contribution in [3.8, 4) is 0 Å². The second-order valence-corrected chi connectivity index (χ2v) is 5.90. The van der Waals surface area contributed by atoms with Gasteiger partial charge in [0.1, 0.15) is 15.6 Å². The summed E-state index contributed by atoms with van der Waals surface area (Å²) in [6, 6.07) is 5.73. The Labute approximate surface area is 130 Å². The Morgan fingerprint density at radius 3 is 2.39 bits per heavy atom. The summed E-state index contributed by atoms with van der Waals surface area (Å²) in [4.78, 5) is 0. The third-order valence-corrected chi connectivity index (χ3v) is 3.92. The van der Waals surface area contributed by atoms with Crippen LogP contribution in [0.5, 0.6) is 0 Å². The molecule has 0 aliphatic heterocycles. The van der Waals surface area contributed by atoms with Crippen LogP contribution in [0.3, 0.4) is 0 Å². The molecule has 0 heterocycles. The molecule has 0 fully saturated rings. The van der Waals surface area contributed by atoms with Crippen LogP contribution >= 0.6 is 0 Å². The fourth-order valence-corrected chi connectivity index (χ4v) is 2.38. The van der Waals surface area contributed by atoms with Gasteiger partial charge in [-0.05, 0) is 42.9 Å². The smallest absolute Gasteiger partial charge is 0.746 e. The van der Waals surface area contributed by atoms with Crippen molar-refractivity contribution < 1.29 is 47.6 Å². The summed E-state index contributed by atoms with van der Waals surface area (Å²) in [6.45, 7) is 5.71. The molecule has 2 atom stereocenters. The fourth-order valence-electron chi connectivity index (χ4n) is 1.85. The van der Waals surface area contributed by atoms with E-state index in [0.717, 1.165) is 16.7 Å². The summed E-state index contributed by atoms with van der Waals surface area (Å²) in [5.41, 5.74) is 1.30. The van der Waals surface area contributed by atoms with Gasteiger partial charge in [-0.15, -0.1) is 0 Å². The van der Waals surface area contributed by atoms with Crippen LogP contribution in [0.25, 0.3) is 0 Å². The van der Waals surface area contributed by atoms with Crippen LogP contribution in [0.2, 0.25) is 0 Å². The zero-order chi connectivity index (χ0) is 13.2. The quantitative estimate of drug-likeness (QED) is 0.547. The minimum Gasteiger partial charge on any atom is -0.746 e. The largest absolute Gasteiger partial charge is 1.00 e. The van der Waals surface area contributed by atoms with Gasteiger partial charge in [0.05, 0.1) is 0 Å². The molecule has 2 unspecified atom stereocenters. The molecule has 1 N–H and O–H groups in total. The Balaban J connectivity index is 0.00000289. The van der Waals surface area contributed by atoms with Gasteiger partial charge < -0.3 is 9.66 Å². The molecule has 4 nitrogen and oxygen atoms in total. The molecule has 0 saturated heterocycles. The van der Waals surface area contributed by atoms with Crippen molar-refractivity contribution in [1.29, 1.82) is 0 Å². The number of hydrogen-bond acceptors (Lipinski definition) is 4. The molecular weight excluding hydrogens is 263 g/mol. The fraction of sp³-hybridized carbons (Fsp3) is 0.500. The summed E-state index contributed by atoms with van der Waals surface area (Å²) in [5.74, 6) is -0.173. The monoisotopic (exact) mass is 280 g/mol. The molecule has 0 amide bonds. The minimum atomic E-state index is -4.62. The van der Waals surface area contributed by atoms with E-state index in [2.05, 4.69) is 0 Å². The molecule has 0 spiro atoms. The van der Waals surface area contributed by atoms with Crippen LogP contribution in [0.1, 0.15) is 36.0 Å². The van der Waals surface area contributed by atoms with Gasteiger partial charge in [0.2, 0.25) is 0 Å². The van der Waals surface area contributed by atoms with Crippen LogP contribution in [-0.2, 0) is 10.1 Å². The Morgan fingerprint density at radius 1 is 1.33 bits per heavy atom. The third kappa shape index (κ3) is 4.64. The van der Waals surface area contributed by atoms with Crippen molar-refractivity contribution in [2.45, 2.75) is 38.5 Å². The number of aryl methyl sites for hydroxylation is 1. The van der Waals surface area contributed by atoms with E-state index < -0.39 is 15.6 Å². The summed E-state index contributed by atoms with van der Waals surface area (Å²) in [5, 5.41) is 9.28. The van der Waals surface area contributed by atoms with Gasteiger partial charge in [-0.25, -0.2) is 8.42 Å². The number of aliphatic hydroxyl groups excluding tert-OH is 1. The van der Waals surface area contributed by atoms with Crippen LogP contribution in [-0.4, -0.2) is 23.5 Å². The van der Waals surface area contributed by atoms with E-state index in [1.165, 1.54) is 0 Å². The number of hydrogen-bond donors (Lipinski definition) is 1. The Hall–Kier alpha value is 0.0900. The normalized spacial score (nSPS) is 14.7. The predicted octanol–water partition coefficient (Wildman–Crippen LogP) is -1.34. The van der Waals surface area contributed by atoms with Crippen molar-refractivity contribution in [2.75, 3.05) is 0 Å². The van der Waals surface area contributed by atoms with E-state index >= 15 is 0 Å². The molecule has 1 rings (SSSR count). The summed E-state index contributed by atoms with van der Waals surface area (Å²) < 4.78 is 31.9. The van der Waals surface area contributed by atoms with Crippen LogP contribution in [0.4, 0.5) is 0 Å². The molecule has 1 aromatic carbocycles. The van der Waals surface area contributed by atoms with Gasteiger partial charge >= 0.3 is 29.6 Å². The van der Waals surface area contributed by atoms with Gasteiger partial charge in [-0.1, -0.05) is 25.1 Å². The summed E-state index contributed by atoms with van der Waals surface area (Å²) >= 11 is 0. The average Bonchev–Trinajstić information content (AvgIpc) is 2.20. The maximum Gasteiger partial charge on any atom is 1.00 e. The third-order valence-electron chi connectivity index (χ3n) is 3.07. The zero-order valence-electron chi connectivity index (χ0n) is 11.2. The van der Waals surface area contributed by atoms with E-state index in [0.29, 0.717) is 0 Å². The van der Waals surface area contributed by atoms with Gasteiger partial charge in [0.25, 0.3) is 0 Å². The SMILES string of the molecule is Cc1cccc(C(C)CC(O)S(=O)(=O)[O-])c1C.[Na+]. The maximum absolute atomic E-state index is 10.6. The second-order valence-electron chi connectivity index (χ2n) is 4.37. The average molecular weight is 280 g/mol. The van der Waals surface area contributed by atoms with Gasteiger partial charge in [-0.2, -0.15) is 0 Å². The molecule has 0 bridgehead atoms. The van der Waals surface area contributed by atoms with Crippen LogP contribution < -0.4 is 29.6 Å². The first-order valence-electron chi connectivity index (χ1n) is 5.42. The molecule has 6 heteroatoms. The first-order chi connectivity index (χ1) is 7.73. The Bertz CT molecular complexity index is 499. The van der Waals surface area contributed by atoms with E-state index in [4.69, 9.17) is 0 Å². The van der Waals surface area contributed by atoms with Crippen molar-refractivity contribution >= 4 is 10.1 Å². The summed E-state index contributed by atoms with van der Waals surface area (Å²) in [6.07, 6.45) is -0.0733. The maximum atomic E-state index is 10.6. The second kappa shape index (κ2) is 7.03. The molecule has 0 aliphatic carbocycles. The topological polar surface area (TPSA) is 77.4 Å². The minimum absolute atomic E-state index is 0. The summed E-state index contributed by atoms with van der Waals surface area (Å²) in [7, 11) is -4.62. The number of benzene rings is 1. The molecule has 96 valence electrons.